The van der Waals surface area contributed by atoms with E-state index >= 15 is 0 Å². The number of likely N-dealkylation sites (tertiary alicyclic amines) is 1. The molecule has 0 amide bonds. The number of nitrogens with two attached hydrogens (primary N) is 1. The van der Waals surface area contributed by atoms with Crippen LogP contribution in [0.15, 0.2) is 0 Å². The molecular formula is C12H27N3. The van der Waals surface area contributed by atoms with Gasteiger partial charge in [-0.15, -0.1) is 0 Å². The fourth-order valence-corrected chi connectivity index (χ4v) is 2.31. The molecule has 3 nitrogen and oxygen atoms in total. The molecule has 0 bridgehead atoms. The van der Waals surface area contributed by atoms with Gasteiger partial charge in [0.1, 0.15) is 0 Å². The maximum atomic E-state index is 6.38. The highest BCUT2D eigenvalue weighted by molar-refractivity contribution is 4.84. The van der Waals surface area contributed by atoms with Gasteiger partial charge in [-0.05, 0) is 52.4 Å². The minimum Gasteiger partial charge on any atom is -0.313 e. The zero-order valence-corrected chi connectivity index (χ0v) is 10.6. The second kappa shape index (κ2) is 5.83. The monoisotopic (exact) mass is 213 g/mol. The lowest BCUT2D eigenvalue weighted by Crippen LogP contribution is -2.53. The molecule has 0 saturated carbocycles. The van der Waals surface area contributed by atoms with Crippen molar-refractivity contribution in [1.29, 1.82) is 0 Å². The van der Waals surface area contributed by atoms with Crippen LogP contribution in [0, 0.1) is 0 Å². The largest absolute Gasteiger partial charge is 0.313 e. The van der Waals surface area contributed by atoms with E-state index in [9.17, 15) is 0 Å². The molecule has 0 spiro atoms. The van der Waals surface area contributed by atoms with Gasteiger partial charge in [-0.2, -0.15) is 0 Å². The van der Waals surface area contributed by atoms with Crippen molar-refractivity contribution in [3.8, 4) is 0 Å². The molecular weight excluding hydrogens is 186 g/mol. The highest BCUT2D eigenvalue weighted by atomic mass is 15.3. The van der Waals surface area contributed by atoms with Crippen molar-refractivity contribution >= 4 is 0 Å². The van der Waals surface area contributed by atoms with Gasteiger partial charge in [0.25, 0.3) is 0 Å². The van der Waals surface area contributed by atoms with E-state index in [1.165, 1.54) is 25.9 Å². The second-order valence-corrected chi connectivity index (χ2v) is 4.83. The van der Waals surface area contributed by atoms with Crippen molar-refractivity contribution in [3.05, 3.63) is 0 Å². The Morgan fingerprint density at radius 3 is 2.20 bits per heavy atom. The average Bonchev–Trinajstić information content (AvgIpc) is 2.72. The highest BCUT2D eigenvalue weighted by Gasteiger charge is 2.29. The quantitative estimate of drug-likeness (QED) is 0.725. The van der Waals surface area contributed by atoms with Crippen LogP contribution in [0.25, 0.3) is 0 Å². The Balaban J connectivity index is 2.34. The normalized spacial score (nSPS) is 22.2. The third-order valence-corrected chi connectivity index (χ3v) is 3.66. The molecule has 1 aliphatic heterocycles. The Bertz CT molecular complexity index is 170. The predicted molar refractivity (Wildman–Crippen MR) is 65.8 cm³/mol. The van der Waals surface area contributed by atoms with Gasteiger partial charge in [0.2, 0.25) is 0 Å². The molecule has 15 heavy (non-hydrogen) atoms. The second-order valence-electron chi connectivity index (χ2n) is 4.83. The summed E-state index contributed by atoms with van der Waals surface area (Å²) < 4.78 is 0. The number of hydrogen-bond acceptors (Lipinski definition) is 3. The lowest BCUT2D eigenvalue weighted by atomic mass is 10.1. The fourth-order valence-electron chi connectivity index (χ4n) is 2.31. The first kappa shape index (κ1) is 12.9. The summed E-state index contributed by atoms with van der Waals surface area (Å²) in [6.07, 6.45) is 3.71. The van der Waals surface area contributed by atoms with Crippen LogP contribution in [-0.4, -0.2) is 48.2 Å². The van der Waals surface area contributed by atoms with E-state index in [0.717, 1.165) is 26.1 Å². The summed E-state index contributed by atoms with van der Waals surface area (Å²) in [5.41, 5.74) is 6.28. The molecule has 1 aliphatic rings. The van der Waals surface area contributed by atoms with Crippen LogP contribution >= 0.6 is 0 Å². The topological polar surface area (TPSA) is 32.5 Å². The zero-order chi connectivity index (χ0) is 11.3. The molecule has 0 aromatic heterocycles. The summed E-state index contributed by atoms with van der Waals surface area (Å²) in [4.78, 5) is 4.89. The predicted octanol–water partition coefficient (Wildman–Crippen LogP) is 1.49. The van der Waals surface area contributed by atoms with E-state index in [1.54, 1.807) is 0 Å². The molecule has 3 heteroatoms. The zero-order valence-electron chi connectivity index (χ0n) is 10.6. The summed E-state index contributed by atoms with van der Waals surface area (Å²) in [5, 5.41) is 0. The third-order valence-electron chi connectivity index (χ3n) is 3.66. The molecule has 0 aliphatic carbocycles. The van der Waals surface area contributed by atoms with E-state index in [1.807, 2.05) is 0 Å². The van der Waals surface area contributed by atoms with Crippen molar-refractivity contribution in [3.63, 3.8) is 0 Å². The third kappa shape index (κ3) is 3.74. The molecule has 1 fully saturated rings. The van der Waals surface area contributed by atoms with Crippen LogP contribution in [0.5, 0.6) is 0 Å². The first-order chi connectivity index (χ1) is 7.10. The Kier molecular flexibility index (Phi) is 5.03. The Hall–Kier alpha value is -0.120. The minimum atomic E-state index is -0.0981. The van der Waals surface area contributed by atoms with Gasteiger partial charge in [0.05, 0.1) is 5.66 Å². The van der Waals surface area contributed by atoms with E-state index < -0.39 is 0 Å². The van der Waals surface area contributed by atoms with E-state index in [4.69, 9.17) is 5.73 Å². The molecule has 0 aromatic carbocycles. The van der Waals surface area contributed by atoms with Crippen LogP contribution in [0.3, 0.4) is 0 Å². The first-order valence-corrected chi connectivity index (χ1v) is 6.36. The summed E-state index contributed by atoms with van der Waals surface area (Å²) in [6, 6.07) is 0. The van der Waals surface area contributed by atoms with Crippen molar-refractivity contribution in [2.24, 2.45) is 5.73 Å². The number of nitrogens with zero attached hydrogens (tertiary/aromatic N) is 2. The van der Waals surface area contributed by atoms with Crippen LogP contribution in [0.4, 0.5) is 0 Å². The summed E-state index contributed by atoms with van der Waals surface area (Å²) in [7, 11) is 0. The highest BCUT2D eigenvalue weighted by Crippen LogP contribution is 2.19. The SMILES string of the molecule is CCN(CC)CCC(C)(N)N1CCCC1. The maximum absolute atomic E-state index is 6.38. The molecule has 90 valence electrons. The lowest BCUT2D eigenvalue weighted by Gasteiger charge is -2.36. The Morgan fingerprint density at radius 2 is 1.73 bits per heavy atom. The Labute approximate surface area is 94.6 Å². The van der Waals surface area contributed by atoms with Crippen molar-refractivity contribution in [2.75, 3.05) is 32.7 Å². The van der Waals surface area contributed by atoms with Gasteiger partial charge in [0.15, 0.2) is 0 Å². The van der Waals surface area contributed by atoms with Crippen LogP contribution in [0.1, 0.15) is 40.0 Å². The molecule has 1 atom stereocenters. The van der Waals surface area contributed by atoms with Gasteiger partial charge in [-0.3, -0.25) is 4.90 Å². The summed E-state index contributed by atoms with van der Waals surface area (Å²) >= 11 is 0. The molecule has 1 heterocycles. The summed E-state index contributed by atoms with van der Waals surface area (Å²) in [5.74, 6) is 0. The van der Waals surface area contributed by atoms with Gasteiger partial charge in [0, 0.05) is 6.54 Å². The number of rotatable bonds is 6. The van der Waals surface area contributed by atoms with E-state index in [2.05, 4.69) is 30.6 Å². The van der Waals surface area contributed by atoms with E-state index in [0.29, 0.717) is 0 Å². The molecule has 0 aromatic rings. The fraction of sp³-hybridized carbons (Fsp3) is 1.00. The average molecular weight is 213 g/mol. The molecule has 1 unspecified atom stereocenters. The van der Waals surface area contributed by atoms with Crippen molar-refractivity contribution < 1.29 is 0 Å². The maximum Gasteiger partial charge on any atom is 0.0670 e. The minimum absolute atomic E-state index is 0.0981. The first-order valence-electron chi connectivity index (χ1n) is 6.36. The van der Waals surface area contributed by atoms with Gasteiger partial charge < -0.3 is 10.6 Å². The van der Waals surface area contributed by atoms with Gasteiger partial charge >= 0.3 is 0 Å². The molecule has 1 saturated heterocycles. The van der Waals surface area contributed by atoms with Crippen molar-refractivity contribution in [1.82, 2.24) is 9.80 Å². The summed E-state index contributed by atoms with van der Waals surface area (Å²) in [6.45, 7) is 12.4. The van der Waals surface area contributed by atoms with Crippen LogP contribution in [0.2, 0.25) is 0 Å². The number of hydrogen-bond donors (Lipinski definition) is 1. The van der Waals surface area contributed by atoms with Crippen LogP contribution < -0.4 is 5.73 Å². The van der Waals surface area contributed by atoms with Gasteiger partial charge in [-0.25, -0.2) is 0 Å². The lowest BCUT2D eigenvalue weighted by molar-refractivity contribution is 0.114. The molecule has 2 N–H and O–H groups in total. The van der Waals surface area contributed by atoms with Crippen LogP contribution in [-0.2, 0) is 0 Å². The van der Waals surface area contributed by atoms with Gasteiger partial charge in [-0.1, -0.05) is 13.8 Å². The molecule has 0 radical (unpaired) electrons. The smallest absolute Gasteiger partial charge is 0.0670 e. The Morgan fingerprint density at radius 1 is 1.20 bits per heavy atom. The molecule has 1 rings (SSSR count). The van der Waals surface area contributed by atoms with Crippen molar-refractivity contribution in [2.45, 2.75) is 45.7 Å². The van der Waals surface area contributed by atoms with E-state index in [-0.39, 0.29) is 5.66 Å². The standard InChI is InChI=1S/C12H27N3/c1-4-14(5-2)11-8-12(3,13)15-9-6-7-10-15/h4-11,13H2,1-3H3.